The number of para-hydroxylation sites is 1. The number of hydrogen-bond donors (Lipinski definition) is 1. The highest BCUT2D eigenvalue weighted by molar-refractivity contribution is 7.99. The highest BCUT2D eigenvalue weighted by atomic mass is 32.2. The van der Waals surface area contributed by atoms with Crippen molar-refractivity contribution in [2.45, 2.75) is 44.7 Å². The molecule has 1 heterocycles. The Morgan fingerprint density at radius 2 is 1.92 bits per heavy atom. The molecule has 1 aliphatic carbocycles. The van der Waals surface area contributed by atoms with Crippen LogP contribution in [0.2, 0.25) is 0 Å². The predicted molar refractivity (Wildman–Crippen MR) is 103 cm³/mol. The quantitative estimate of drug-likeness (QED) is 0.893. The van der Waals surface area contributed by atoms with Crippen LogP contribution in [0.25, 0.3) is 0 Å². The molecule has 2 fully saturated rings. The average Bonchev–Trinajstić information content (AvgIpc) is 2.64. The third-order valence-corrected chi connectivity index (χ3v) is 6.12. The standard InChI is InChI=1S/C19H29N3OS/c1-21(17-8-3-2-4-9-17)15-16-7-5-6-10-18(16)20-19(23)22-11-13-24-14-12-22/h5-7,10,17H,2-4,8-9,11-15H2,1H3,(H,20,23). The van der Waals surface area contributed by atoms with Crippen molar-refractivity contribution in [2.24, 2.45) is 0 Å². The molecule has 2 amide bonds. The molecule has 0 aromatic heterocycles. The second kappa shape index (κ2) is 8.77. The minimum Gasteiger partial charge on any atom is -0.323 e. The largest absolute Gasteiger partial charge is 0.323 e. The first-order valence-electron chi connectivity index (χ1n) is 9.16. The van der Waals surface area contributed by atoms with Gasteiger partial charge in [-0.2, -0.15) is 11.8 Å². The fourth-order valence-electron chi connectivity index (χ4n) is 3.66. The second-order valence-electron chi connectivity index (χ2n) is 6.89. The molecule has 3 rings (SSSR count). The van der Waals surface area contributed by atoms with Crippen molar-refractivity contribution in [2.75, 3.05) is 37.0 Å². The summed E-state index contributed by atoms with van der Waals surface area (Å²) in [4.78, 5) is 16.9. The molecule has 1 saturated carbocycles. The van der Waals surface area contributed by atoms with E-state index in [1.165, 1.54) is 37.7 Å². The molecular formula is C19H29N3OS. The maximum absolute atomic E-state index is 12.5. The van der Waals surface area contributed by atoms with Crippen LogP contribution >= 0.6 is 11.8 Å². The lowest BCUT2D eigenvalue weighted by atomic mass is 9.94. The summed E-state index contributed by atoms with van der Waals surface area (Å²) >= 11 is 1.92. The Kier molecular flexibility index (Phi) is 6.44. The molecule has 1 aromatic rings. The summed E-state index contributed by atoms with van der Waals surface area (Å²) < 4.78 is 0. The molecule has 2 aliphatic rings. The van der Waals surface area contributed by atoms with Gasteiger partial charge in [0.05, 0.1) is 0 Å². The van der Waals surface area contributed by atoms with Gasteiger partial charge in [-0.25, -0.2) is 4.79 Å². The maximum Gasteiger partial charge on any atom is 0.321 e. The van der Waals surface area contributed by atoms with Gasteiger partial charge in [0.2, 0.25) is 0 Å². The van der Waals surface area contributed by atoms with Gasteiger partial charge < -0.3 is 10.2 Å². The van der Waals surface area contributed by atoms with Crippen molar-refractivity contribution in [3.05, 3.63) is 29.8 Å². The Bertz CT molecular complexity index is 539. The molecule has 0 spiro atoms. The van der Waals surface area contributed by atoms with Crippen molar-refractivity contribution in [1.82, 2.24) is 9.80 Å². The van der Waals surface area contributed by atoms with E-state index in [9.17, 15) is 4.79 Å². The van der Waals surface area contributed by atoms with Gasteiger partial charge in [0, 0.05) is 42.9 Å². The zero-order valence-electron chi connectivity index (χ0n) is 14.7. The van der Waals surface area contributed by atoms with Crippen LogP contribution in [-0.2, 0) is 6.54 Å². The van der Waals surface area contributed by atoms with E-state index < -0.39 is 0 Å². The third-order valence-electron chi connectivity index (χ3n) is 5.18. The van der Waals surface area contributed by atoms with Gasteiger partial charge in [0.1, 0.15) is 0 Å². The van der Waals surface area contributed by atoms with Crippen LogP contribution in [0.3, 0.4) is 0 Å². The zero-order valence-corrected chi connectivity index (χ0v) is 15.5. The van der Waals surface area contributed by atoms with E-state index in [-0.39, 0.29) is 6.03 Å². The summed E-state index contributed by atoms with van der Waals surface area (Å²) in [5.74, 6) is 2.08. The van der Waals surface area contributed by atoms with Crippen LogP contribution in [-0.4, -0.2) is 53.5 Å². The SMILES string of the molecule is CN(Cc1ccccc1NC(=O)N1CCSCC1)C1CCCCC1. The first kappa shape index (κ1) is 17.6. The summed E-state index contributed by atoms with van der Waals surface area (Å²) in [6, 6.07) is 8.97. The molecular weight excluding hydrogens is 318 g/mol. The molecule has 1 saturated heterocycles. The molecule has 0 atom stereocenters. The molecule has 132 valence electrons. The average molecular weight is 348 g/mol. The Hall–Kier alpha value is -1.20. The third kappa shape index (κ3) is 4.67. The molecule has 4 nitrogen and oxygen atoms in total. The van der Waals surface area contributed by atoms with E-state index in [4.69, 9.17) is 0 Å². The Labute approximate surface area is 150 Å². The van der Waals surface area contributed by atoms with Crippen molar-refractivity contribution in [1.29, 1.82) is 0 Å². The number of urea groups is 1. The lowest BCUT2D eigenvalue weighted by Crippen LogP contribution is -2.41. The summed E-state index contributed by atoms with van der Waals surface area (Å²) in [7, 11) is 2.22. The molecule has 0 unspecified atom stereocenters. The van der Waals surface area contributed by atoms with Crippen LogP contribution in [0.5, 0.6) is 0 Å². The van der Waals surface area contributed by atoms with E-state index in [1.807, 2.05) is 28.8 Å². The summed E-state index contributed by atoms with van der Waals surface area (Å²) in [6.45, 7) is 2.60. The van der Waals surface area contributed by atoms with Gasteiger partial charge in [-0.1, -0.05) is 37.5 Å². The highest BCUT2D eigenvalue weighted by Gasteiger charge is 2.20. The maximum atomic E-state index is 12.5. The van der Waals surface area contributed by atoms with Crippen molar-refractivity contribution in [3.8, 4) is 0 Å². The summed E-state index contributed by atoms with van der Waals surface area (Å²) in [5, 5.41) is 3.14. The fourth-order valence-corrected chi connectivity index (χ4v) is 4.56. The smallest absolute Gasteiger partial charge is 0.321 e. The van der Waals surface area contributed by atoms with Gasteiger partial charge in [-0.3, -0.25) is 4.90 Å². The first-order valence-corrected chi connectivity index (χ1v) is 10.3. The molecule has 5 heteroatoms. The lowest BCUT2D eigenvalue weighted by molar-refractivity contribution is 0.184. The minimum atomic E-state index is 0.0445. The minimum absolute atomic E-state index is 0.0445. The number of carbonyl (C=O) groups is 1. The normalized spacial score (nSPS) is 19.5. The molecule has 1 aromatic carbocycles. The second-order valence-corrected chi connectivity index (χ2v) is 8.12. The highest BCUT2D eigenvalue weighted by Crippen LogP contribution is 2.25. The van der Waals surface area contributed by atoms with Gasteiger partial charge in [0.15, 0.2) is 0 Å². The molecule has 0 radical (unpaired) electrons. The number of rotatable bonds is 4. The number of nitrogens with zero attached hydrogens (tertiary/aromatic N) is 2. The van der Waals surface area contributed by atoms with Crippen LogP contribution in [0.1, 0.15) is 37.7 Å². The van der Waals surface area contributed by atoms with Crippen LogP contribution in [0.4, 0.5) is 10.5 Å². The molecule has 1 N–H and O–H groups in total. The van der Waals surface area contributed by atoms with Gasteiger partial charge in [0.25, 0.3) is 0 Å². The molecule has 1 aliphatic heterocycles. The fraction of sp³-hybridized carbons (Fsp3) is 0.632. The van der Waals surface area contributed by atoms with Crippen LogP contribution in [0, 0.1) is 0 Å². The van der Waals surface area contributed by atoms with Gasteiger partial charge in [-0.05, 0) is 31.5 Å². The predicted octanol–water partition coefficient (Wildman–Crippen LogP) is 4.03. The van der Waals surface area contributed by atoms with Crippen LogP contribution < -0.4 is 5.32 Å². The number of benzene rings is 1. The number of thioether (sulfide) groups is 1. The van der Waals surface area contributed by atoms with Crippen LogP contribution in [0.15, 0.2) is 24.3 Å². The molecule has 0 bridgehead atoms. The molecule has 24 heavy (non-hydrogen) atoms. The topological polar surface area (TPSA) is 35.6 Å². The van der Waals surface area contributed by atoms with Crippen molar-refractivity contribution in [3.63, 3.8) is 0 Å². The van der Waals surface area contributed by atoms with Gasteiger partial charge in [-0.15, -0.1) is 0 Å². The Morgan fingerprint density at radius 1 is 1.21 bits per heavy atom. The number of nitrogens with one attached hydrogen (secondary N) is 1. The first-order chi connectivity index (χ1) is 11.7. The zero-order chi connectivity index (χ0) is 16.8. The van der Waals surface area contributed by atoms with E-state index in [1.54, 1.807) is 0 Å². The van der Waals surface area contributed by atoms with E-state index >= 15 is 0 Å². The summed E-state index contributed by atoms with van der Waals surface area (Å²) in [5.41, 5.74) is 2.17. The summed E-state index contributed by atoms with van der Waals surface area (Å²) in [6.07, 6.45) is 6.68. The van der Waals surface area contributed by atoms with Crippen molar-refractivity contribution >= 4 is 23.5 Å². The Balaban J connectivity index is 1.62. The van der Waals surface area contributed by atoms with E-state index in [2.05, 4.69) is 29.4 Å². The number of carbonyl (C=O) groups excluding carboxylic acids is 1. The monoisotopic (exact) mass is 347 g/mol. The number of amides is 2. The van der Waals surface area contributed by atoms with Gasteiger partial charge >= 0.3 is 6.03 Å². The van der Waals surface area contributed by atoms with E-state index in [0.717, 1.165) is 36.8 Å². The van der Waals surface area contributed by atoms with Crippen molar-refractivity contribution < 1.29 is 4.79 Å². The number of hydrogen-bond acceptors (Lipinski definition) is 3. The number of anilines is 1. The Morgan fingerprint density at radius 3 is 2.67 bits per heavy atom. The lowest BCUT2D eigenvalue weighted by Gasteiger charge is -2.32. The van der Waals surface area contributed by atoms with E-state index in [0.29, 0.717) is 6.04 Å².